The Morgan fingerprint density at radius 1 is 1.45 bits per heavy atom. The molecule has 1 fully saturated rings. The van der Waals surface area contributed by atoms with Crippen LogP contribution in [-0.2, 0) is 6.54 Å². The number of benzene rings is 1. The van der Waals surface area contributed by atoms with Crippen LogP contribution in [0.5, 0.6) is 0 Å². The molecule has 106 valence electrons. The number of aliphatic hydroxyl groups excluding tert-OH is 1. The van der Waals surface area contributed by atoms with Crippen molar-refractivity contribution in [2.75, 3.05) is 13.2 Å². The van der Waals surface area contributed by atoms with Gasteiger partial charge in [-0.05, 0) is 31.5 Å². The van der Waals surface area contributed by atoms with Crippen molar-refractivity contribution >= 4 is 15.9 Å². The number of hydrogen-bond donors (Lipinski definition) is 1. The van der Waals surface area contributed by atoms with Gasteiger partial charge in [0, 0.05) is 16.1 Å². The van der Waals surface area contributed by atoms with Gasteiger partial charge in [-0.3, -0.25) is 4.90 Å². The fraction of sp³-hybridized carbons (Fsp3) is 0.400. The van der Waals surface area contributed by atoms with Crippen LogP contribution >= 0.6 is 15.9 Å². The zero-order valence-corrected chi connectivity index (χ0v) is 12.7. The molecule has 1 unspecified atom stereocenters. The Bertz CT molecular complexity index is 585. The Morgan fingerprint density at radius 3 is 3.15 bits per heavy atom. The molecule has 1 N–H and O–H groups in total. The maximum Gasteiger partial charge on any atom is 0.209 e. The van der Waals surface area contributed by atoms with Crippen molar-refractivity contribution in [2.45, 2.75) is 25.4 Å². The second-order valence-electron chi connectivity index (χ2n) is 5.08. The minimum absolute atomic E-state index is 0.208. The molecular formula is C15H17BrN2O2. The first-order valence-corrected chi connectivity index (χ1v) is 7.61. The van der Waals surface area contributed by atoms with Crippen molar-refractivity contribution in [3.05, 3.63) is 40.8 Å². The normalized spacial score (nSPS) is 19.6. The lowest BCUT2D eigenvalue weighted by Gasteiger charge is -2.20. The second kappa shape index (κ2) is 6.08. The molecule has 0 amide bonds. The Kier molecular flexibility index (Phi) is 4.19. The third kappa shape index (κ3) is 2.95. The molecule has 1 aromatic heterocycles. The van der Waals surface area contributed by atoms with Crippen molar-refractivity contribution in [1.29, 1.82) is 0 Å². The number of nitrogens with zero attached hydrogens (tertiary/aromatic N) is 2. The molecule has 0 saturated carbocycles. The van der Waals surface area contributed by atoms with Crippen LogP contribution in [-0.4, -0.2) is 34.2 Å². The summed E-state index contributed by atoms with van der Waals surface area (Å²) in [4.78, 5) is 6.58. The van der Waals surface area contributed by atoms with E-state index in [0.29, 0.717) is 12.4 Å². The number of oxazole rings is 1. The quantitative estimate of drug-likeness (QED) is 0.932. The minimum Gasteiger partial charge on any atom is -0.439 e. The van der Waals surface area contributed by atoms with Gasteiger partial charge >= 0.3 is 0 Å². The summed E-state index contributed by atoms with van der Waals surface area (Å²) in [5.74, 6) is 1.49. The molecule has 1 aliphatic rings. The topological polar surface area (TPSA) is 49.5 Å². The maximum absolute atomic E-state index is 9.33. The molecule has 1 aromatic carbocycles. The van der Waals surface area contributed by atoms with Gasteiger partial charge in [0.15, 0.2) is 5.76 Å². The van der Waals surface area contributed by atoms with Gasteiger partial charge in [-0.25, -0.2) is 4.98 Å². The van der Waals surface area contributed by atoms with Gasteiger partial charge in [0.2, 0.25) is 5.89 Å². The van der Waals surface area contributed by atoms with Crippen LogP contribution in [0.2, 0.25) is 0 Å². The molecule has 2 heterocycles. The molecular weight excluding hydrogens is 320 g/mol. The van der Waals surface area contributed by atoms with E-state index in [0.717, 1.165) is 35.2 Å². The van der Waals surface area contributed by atoms with Crippen LogP contribution in [0.1, 0.15) is 18.7 Å². The SMILES string of the molecule is OCC1CCCN1Cc1ncc(-c2cccc(Br)c2)o1. The molecule has 0 aliphatic carbocycles. The van der Waals surface area contributed by atoms with E-state index in [9.17, 15) is 5.11 Å². The zero-order valence-electron chi connectivity index (χ0n) is 11.1. The van der Waals surface area contributed by atoms with Crippen LogP contribution in [0, 0.1) is 0 Å². The van der Waals surface area contributed by atoms with E-state index in [1.807, 2.05) is 24.3 Å². The lowest BCUT2D eigenvalue weighted by molar-refractivity contribution is 0.144. The molecule has 0 spiro atoms. The summed E-state index contributed by atoms with van der Waals surface area (Å²) >= 11 is 3.46. The number of aliphatic hydroxyl groups is 1. The van der Waals surface area contributed by atoms with Crippen molar-refractivity contribution in [3.63, 3.8) is 0 Å². The fourth-order valence-corrected chi connectivity index (χ4v) is 3.04. The summed E-state index contributed by atoms with van der Waals surface area (Å²) < 4.78 is 6.85. The van der Waals surface area contributed by atoms with Crippen LogP contribution in [0.15, 0.2) is 39.4 Å². The molecule has 5 heteroatoms. The van der Waals surface area contributed by atoms with E-state index >= 15 is 0 Å². The molecule has 2 aromatic rings. The van der Waals surface area contributed by atoms with E-state index in [2.05, 4.69) is 25.8 Å². The van der Waals surface area contributed by atoms with Gasteiger partial charge in [0.1, 0.15) is 0 Å². The number of likely N-dealkylation sites (tertiary alicyclic amines) is 1. The highest BCUT2D eigenvalue weighted by molar-refractivity contribution is 9.10. The van der Waals surface area contributed by atoms with E-state index < -0.39 is 0 Å². The first-order chi connectivity index (χ1) is 9.76. The van der Waals surface area contributed by atoms with E-state index in [4.69, 9.17) is 4.42 Å². The van der Waals surface area contributed by atoms with Crippen LogP contribution < -0.4 is 0 Å². The van der Waals surface area contributed by atoms with Crippen LogP contribution in [0.25, 0.3) is 11.3 Å². The molecule has 4 nitrogen and oxygen atoms in total. The predicted molar refractivity (Wildman–Crippen MR) is 80.2 cm³/mol. The Hall–Kier alpha value is -1.17. The molecule has 1 aliphatic heterocycles. The van der Waals surface area contributed by atoms with Gasteiger partial charge in [-0.15, -0.1) is 0 Å². The number of hydrogen-bond acceptors (Lipinski definition) is 4. The third-order valence-corrected chi connectivity index (χ3v) is 4.20. The standard InChI is InChI=1S/C15H17BrN2O2/c16-12-4-1-3-11(7-12)14-8-17-15(20-14)9-18-6-2-5-13(18)10-19/h1,3-4,7-8,13,19H,2,5-6,9-10H2. The highest BCUT2D eigenvalue weighted by atomic mass is 79.9. The minimum atomic E-state index is 0.208. The van der Waals surface area contributed by atoms with Crippen LogP contribution in [0.3, 0.4) is 0 Å². The van der Waals surface area contributed by atoms with E-state index in [-0.39, 0.29) is 12.6 Å². The first kappa shape index (κ1) is 13.8. The molecule has 1 atom stereocenters. The Labute approximate surface area is 126 Å². The van der Waals surface area contributed by atoms with Crippen LogP contribution in [0.4, 0.5) is 0 Å². The van der Waals surface area contributed by atoms with Crippen molar-refractivity contribution in [1.82, 2.24) is 9.88 Å². The zero-order chi connectivity index (χ0) is 13.9. The summed E-state index contributed by atoms with van der Waals surface area (Å²) in [5, 5.41) is 9.33. The lowest BCUT2D eigenvalue weighted by Crippen LogP contribution is -2.31. The number of rotatable bonds is 4. The predicted octanol–water partition coefficient (Wildman–Crippen LogP) is 3.06. The molecule has 20 heavy (non-hydrogen) atoms. The van der Waals surface area contributed by atoms with Gasteiger partial charge < -0.3 is 9.52 Å². The summed E-state index contributed by atoms with van der Waals surface area (Å²) in [5.41, 5.74) is 1.01. The monoisotopic (exact) mass is 336 g/mol. The maximum atomic E-state index is 9.33. The third-order valence-electron chi connectivity index (χ3n) is 3.71. The number of aromatic nitrogens is 1. The summed E-state index contributed by atoms with van der Waals surface area (Å²) in [6, 6.07) is 8.22. The Balaban J connectivity index is 1.74. The first-order valence-electron chi connectivity index (χ1n) is 6.82. The molecule has 0 bridgehead atoms. The molecule has 3 rings (SSSR count). The van der Waals surface area contributed by atoms with Gasteiger partial charge in [-0.2, -0.15) is 0 Å². The highest BCUT2D eigenvalue weighted by Gasteiger charge is 2.25. The summed E-state index contributed by atoms with van der Waals surface area (Å²) in [7, 11) is 0. The van der Waals surface area contributed by atoms with E-state index in [1.54, 1.807) is 6.20 Å². The average molecular weight is 337 g/mol. The summed E-state index contributed by atoms with van der Waals surface area (Å²) in [6.45, 7) is 1.87. The van der Waals surface area contributed by atoms with Gasteiger partial charge in [0.05, 0.1) is 19.3 Å². The van der Waals surface area contributed by atoms with E-state index in [1.165, 1.54) is 0 Å². The molecule has 0 radical (unpaired) electrons. The number of halogens is 1. The van der Waals surface area contributed by atoms with Gasteiger partial charge in [-0.1, -0.05) is 28.1 Å². The van der Waals surface area contributed by atoms with Crippen molar-refractivity contribution in [2.24, 2.45) is 0 Å². The highest BCUT2D eigenvalue weighted by Crippen LogP contribution is 2.25. The van der Waals surface area contributed by atoms with Crippen molar-refractivity contribution < 1.29 is 9.52 Å². The molecule has 1 saturated heterocycles. The largest absolute Gasteiger partial charge is 0.439 e. The smallest absolute Gasteiger partial charge is 0.209 e. The fourth-order valence-electron chi connectivity index (χ4n) is 2.64. The Morgan fingerprint density at radius 2 is 2.35 bits per heavy atom. The lowest BCUT2D eigenvalue weighted by atomic mass is 10.2. The average Bonchev–Trinajstić information content (AvgIpc) is 3.08. The van der Waals surface area contributed by atoms with Gasteiger partial charge in [0.25, 0.3) is 0 Å². The second-order valence-corrected chi connectivity index (χ2v) is 5.99. The summed E-state index contributed by atoms with van der Waals surface area (Å²) in [6.07, 6.45) is 3.95. The van der Waals surface area contributed by atoms with Crippen molar-refractivity contribution in [3.8, 4) is 11.3 Å².